The molecule has 11 aromatic carbocycles. The highest BCUT2D eigenvalue weighted by atomic mass is 14.9. The van der Waals surface area contributed by atoms with Crippen LogP contribution in [0, 0.1) is 0 Å². The van der Waals surface area contributed by atoms with E-state index in [2.05, 4.69) is 267 Å². The Bertz CT molecular complexity index is 3700. The predicted octanol–water partition coefficient (Wildman–Crippen LogP) is 21.4. The topological polar surface area (TPSA) is 28.7 Å². The van der Waals surface area contributed by atoms with E-state index in [0.717, 1.165) is 40.0 Å². The molecular weight excluding hydrogens is 905 g/mol. The summed E-state index contributed by atoms with van der Waals surface area (Å²) in [6.07, 6.45) is 7.09. The minimum atomic E-state index is 0.862. The number of benzene rings is 11. The number of hydrogen-bond donors (Lipinski definition) is 1. The normalized spacial score (nSPS) is 10.8. The van der Waals surface area contributed by atoms with Crippen LogP contribution in [-0.4, -0.2) is 9.97 Å². The average Bonchev–Trinajstić information content (AvgIpc) is 3.93. The first-order valence-electron chi connectivity index (χ1n) is 26.3. The van der Waals surface area contributed by atoms with Crippen LogP contribution in [0.4, 0.5) is 0 Å². The molecule has 0 aliphatic carbocycles. The zero-order chi connectivity index (χ0) is 51.9. The van der Waals surface area contributed by atoms with Crippen LogP contribution in [0.15, 0.2) is 274 Å². The molecule has 0 bridgehead atoms. The standard InChI is InChI=1S/C63H42N2.C5H10.C3H6.C2H6/c1-5-18-42(19-6-1)49-35-50(43-20-7-2-8-21-43)38-53(37-49)61-55-28-13-14-29-56(55)62(54-39-51(44-22-9-3-10-23-44)36-52(40-54)45-24-11-4-12-25-45)58-41-47(32-33-57(58)61)46-26-17-27-48(34-46)63-64-59-30-15-16-31-60(59)65-63;1-3-5-4-2;1-3-2;1-2/h1-41H,(H,64,65);3,5H,4H2,1-2H3;3H,1H2,2H3;1-2H3/b;5-3-;;. The fourth-order valence-corrected chi connectivity index (χ4v) is 9.88. The molecule has 0 aliphatic rings. The van der Waals surface area contributed by atoms with Gasteiger partial charge < -0.3 is 4.98 Å². The number of nitrogens with one attached hydrogen (secondary N) is 1. The van der Waals surface area contributed by atoms with Crippen LogP contribution in [0.25, 0.3) is 122 Å². The quantitative estimate of drug-likeness (QED) is 0.113. The average molecular weight is 969 g/mol. The van der Waals surface area contributed by atoms with Gasteiger partial charge in [-0.05, 0) is 180 Å². The molecule has 2 heteroatoms. The Kier molecular flexibility index (Phi) is 16.6. The van der Waals surface area contributed by atoms with E-state index in [1.807, 2.05) is 39.8 Å². The summed E-state index contributed by atoms with van der Waals surface area (Å²) < 4.78 is 0. The molecule has 2 nitrogen and oxygen atoms in total. The fourth-order valence-electron chi connectivity index (χ4n) is 9.88. The Hall–Kier alpha value is -9.11. The van der Waals surface area contributed by atoms with Crippen molar-refractivity contribution >= 4 is 32.6 Å². The van der Waals surface area contributed by atoms with Crippen LogP contribution in [-0.2, 0) is 0 Å². The van der Waals surface area contributed by atoms with Crippen LogP contribution in [0.5, 0.6) is 0 Å². The zero-order valence-electron chi connectivity index (χ0n) is 43.8. The summed E-state index contributed by atoms with van der Waals surface area (Å²) in [6, 6.07) is 90.4. The molecule has 0 aliphatic heterocycles. The minimum absolute atomic E-state index is 0.862. The van der Waals surface area contributed by atoms with Crippen LogP contribution in [0.3, 0.4) is 0 Å². The van der Waals surface area contributed by atoms with E-state index in [1.165, 1.54) is 88.3 Å². The summed E-state index contributed by atoms with van der Waals surface area (Å²) >= 11 is 0. The van der Waals surface area contributed by atoms with Gasteiger partial charge in [-0.2, -0.15) is 0 Å². The first kappa shape index (κ1) is 50.8. The second-order valence-corrected chi connectivity index (χ2v) is 18.2. The third kappa shape index (κ3) is 11.4. The van der Waals surface area contributed by atoms with Crippen molar-refractivity contribution in [2.24, 2.45) is 0 Å². The van der Waals surface area contributed by atoms with Gasteiger partial charge in [-0.1, -0.05) is 227 Å². The Morgan fingerprint density at radius 2 is 0.720 bits per heavy atom. The number of hydrogen-bond acceptors (Lipinski definition) is 1. The molecule has 1 aromatic heterocycles. The lowest BCUT2D eigenvalue weighted by molar-refractivity contribution is 1.22. The molecule has 0 atom stereocenters. The summed E-state index contributed by atoms with van der Waals surface area (Å²) in [5, 5.41) is 4.82. The maximum atomic E-state index is 4.97. The van der Waals surface area contributed by atoms with E-state index < -0.39 is 0 Å². The van der Waals surface area contributed by atoms with Crippen LogP contribution >= 0.6 is 0 Å². The zero-order valence-corrected chi connectivity index (χ0v) is 43.8. The molecule has 0 saturated heterocycles. The van der Waals surface area contributed by atoms with Gasteiger partial charge >= 0.3 is 0 Å². The molecule has 1 N–H and O–H groups in total. The van der Waals surface area contributed by atoms with Crippen molar-refractivity contribution in [1.82, 2.24) is 9.97 Å². The highest BCUT2D eigenvalue weighted by Gasteiger charge is 2.21. The molecule has 0 unspecified atom stereocenters. The number of aromatic amines is 1. The smallest absolute Gasteiger partial charge is 0.138 e. The van der Waals surface area contributed by atoms with Gasteiger partial charge in [0.05, 0.1) is 11.0 Å². The van der Waals surface area contributed by atoms with Crippen LogP contribution in [0.2, 0.25) is 0 Å². The Morgan fingerprint density at radius 3 is 1.16 bits per heavy atom. The third-order valence-corrected chi connectivity index (χ3v) is 13.2. The van der Waals surface area contributed by atoms with Crippen LogP contribution in [0.1, 0.15) is 41.0 Å². The van der Waals surface area contributed by atoms with Crippen molar-refractivity contribution in [3.8, 4) is 89.3 Å². The predicted molar refractivity (Wildman–Crippen MR) is 327 cm³/mol. The van der Waals surface area contributed by atoms with E-state index in [-0.39, 0.29) is 0 Å². The van der Waals surface area contributed by atoms with E-state index in [9.17, 15) is 0 Å². The van der Waals surface area contributed by atoms with Gasteiger partial charge in [-0.15, -0.1) is 6.58 Å². The molecule has 0 spiro atoms. The number of nitrogens with zero attached hydrogens (tertiary/aromatic N) is 1. The Balaban J connectivity index is 0.000000639. The Morgan fingerprint density at radius 1 is 0.360 bits per heavy atom. The van der Waals surface area contributed by atoms with Crippen LogP contribution < -0.4 is 0 Å². The number of H-pyrrole nitrogens is 1. The number of para-hydroxylation sites is 2. The second-order valence-electron chi connectivity index (χ2n) is 18.2. The van der Waals surface area contributed by atoms with Crippen molar-refractivity contribution in [2.45, 2.75) is 41.0 Å². The van der Waals surface area contributed by atoms with E-state index in [4.69, 9.17) is 4.98 Å². The molecule has 0 amide bonds. The number of allylic oxidation sites excluding steroid dienone is 3. The van der Waals surface area contributed by atoms with Gasteiger partial charge in [-0.25, -0.2) is 4.98 Å². The van der Waals surface area contributed by atoms with E-state index >= 15 is 0 Å². The third-order valence-electron chi connectivity index (χ3n) is 13.2. The highest BCUT2D eigenvalue weighted by molar-refractivity contribution is 6.22. The van der Waals surface area contributed by atoms with E-state index in [0.29, 0.717) is 0 Å². The molecular formula is C73H64N2. The van der Waals surface area contributed by atoms with Crippen molar-refractivity contribution in [2.75, 3.05) is 0 Å². The maximum Gasteiger partial charge on any atom is 0.138 e. The first-order valence-corrected chi connectivity index (χ1v) is 26.3. The molecule has 12 rings (SSSR count). The summed E-state index contributed by atoms with van der Waals surface area (Å²) in [5.41, 5.74) is 19.6. The highest BCUT2D eigenvalue weighted by Crippen LogP contribution is 2.48. The monoisotopic (exact) mass is 969 g/mol. The van der Waals surface area contributed by atoms with E-state index in [1.54, 1.807) is 6.08 Å². The first-order chi connectivity index (χ1) is 37.0. The van der Waals surface area contributed by atoms with Crippen molar-refractivity contribution in [1.29, 1.82) is 0 Å². The molecule has 1 heterocycles. The van der Waals surface area contributed by atoms with Gasteiger partial charge in [0, 0.05) is 5.56 Å². The Labute approximate surface area is 444 Å². The summed E-state index contributed by atoms with van der Waals surface area (Å²) in [5.74, 6) is 0.862. The molecule has 0 radical (unpaired) electrons. The second kappa shape index (κ2) is 24.5. The number of fused-ring (bicyclic) bond motifs is 3. The fraction of sp³-hybridized carbons (Fsp3) is 0.0822. The summed E-state index contributed by atoms with van der Waals surface area (Å²) in [7, 11) is 0. The molecule has 0 fully saturated rings. The SMILES string of the molecule is C/C=C\CC.C=CC.CC.c1ccc(-c2cc(-c3ccccc3)cc(-c3c4ccccc4c(-c4cc(-c5ccccc5)cc(-c5ccccc5)c4)c4cc(-c5cccc(-c6nc7ccccc7[nH]6)c5)ccc34)c2)cc1. The maximum absolute atomic E-state index is 4.97. The van der Waals surface area contributed by atoms with Crippen molar-refractivity contribution < 1.29 is 0 Å². The summed E-state index contributed by atoms with van der Waals surface area (Å²) in [6.45, 7) is 13.4. The van der Waals surface area contributed by atoms with Gasteiger partial charge in [0.2, 0.25) is 0 Å². The van der Waals surface area contributed by atoms with Gasteiger partial charge in [0.1, 0.15) is 5.82 Å². The number of aromatic nitrogens is 2. The lowest BCUT2D eigenvalue weighted by atomic mass is 9.82. The molecule has 0 saturated carbocycles. The molecule has 366 valence electrons. The number of imidazole rings is 1. The lowest BCUT2D eigenvalue weighted by Crippen LogP contribution is -1.94. The largest absolute Gasteiger partial charge is 0.338 e. The molecule has 12 aromatic rings. The van der Waals surface area contributed by atoms with Gasteiger partial charge in [-0.3, -0.25) is 0 Å². The van der Waals surface area contributed by atoms with Crippen molar-refractivity contribution in [3.05, 3.63) is 274 Å². The van der Waals surface area contributed by atoms with Crippen molar-refractivity contribution in [3.63, 3.8) is 0 Å². The molecule has 75 heavy (non-hydrogen) atoms. The summed E-state index contributed by atoms with van der Waals surface area (Å²) in [4.78, 5) is 8.53. The van der Waals surface area contributed by atoms with Gasteiger partial charge in [0.15, 0.2) is 0 Å². The lowest BCUT2D eigenvalue weighted by Gasteiger charge is -2.21. The number of rotatable bonds is 9. The minimum Gasteiger partial charge on any atom is -0.338 e. The van der Waals surface area contributed by atoms with Gasteiger partial charge in [0.25, 0.3) is 0 Å².